The molecule has 2 atom stereocenters. The normalized spacial score (nSPS) is 13.4. The molecule has 116 valence electrons. The molecule has 1 N–H and O–H groups in total. The van der Waals surface area contributed by atoms with E-state index < -0.39 is 11.9 Å². The maximum absolute atomic E-state index is 11.9. The Morgan fingerprint density at radius 1 is 1.18 bits per heavy atom. The molecule has 0 aliphatic carbocycles. The molecule has 0 heterocycles. The first-order chi connectivity index (χ1) is 10.6. The zero-order valence-corrected chi connectivity index (χ0v) is 14.2. The van der Waals surface area contributed by atoms with E-state index in [1.54, 1.807) is 19.2 Å². The molecule has 2 aromatic carbocycles. The summed E-state index contributed by atoms with van der Waals surface area (Å²) in [6, 6.07) is 15.1. The lowest BCUT2D eigenvalue weighted by molar-refractivity contribution is -0.139. The lowest BCUT2D eigenvalue weighted by atomic mass is 9.80. The van der Waals surface area contributed by atoms with Crippen LogP contribution in [-0.4, -0.2) is 18.2 Å². The second-order valence-corrected chi connectivity index (χ2v) is 6.07. The fourth-order valence-corrected chi connectivity index (χ4v) is 3.18. The quantitative estimate of drug-likeness (QED) is 0.801. The largest absolute Gasteiger partial charge is 0.497 e. The number of hydrogen-bond donors (Lipinski definition) is 1. The number of carboxylic acid groups (broad SMARTS) is 1. The number of aliphatic carboxylic acids is 1. The Kier molecular flexibility index (Phi) is 5.61. The number of rotatable bonds is 6. The van der Waals surface area contributed by atoms with Gasteiger partial charge >= 0.3 is 5.97 Å². The van der Waals surface area contributed by atoms with Crippen LogP contribution in [0.2, 0.25) is 0 Å². The lowest BCUT2D eigenvalue weighted by Crippen LogP contribution is -2.20. The van der Waals surface area contributed by atoms with Crippen molar-refractivity contribution in [1.29, 1.82) is 0 Å². The number of methoxy groups -OCH3 is 1. The maximum atomic E-state index is 11.9. The van der Waals surface area contributed by atoms with Crippen LogP contribution in [0.4, 0.5) is 0 Å². The van der Waals surface area contributed by atoms with Crippen molar-refractivity contribution in [3.63, 3.8) is 0 Å². The van der Waals surface area contributed by atoms with Gasteiger partial charge in [-0.2, -0.15) is 0 Å². The van der Waals surface area contributed by atoms with Crippen LogP contribution in [0.15, 0.2) is 53.0 Å². The molecule has 0 saturated heterocycles. The van der Waals surface area contributed by atoms with Gasteiger partial charge in [-0.25, -0.2) is 0 Å². The van der Waals surface area contributed by atoms with Crippen LogP contribution in [0.25, 0.3) is 0 Å². The summed E-state index contributed by atoms with van der Waals surface area (Å²) in [4.78, 5) is 11.9. The van der Waals surface area contributed by atoms with Gasteiger partial charge in [0.15, 0.2) is 0 Å². The van der Waals surface area contributed by atoms with E-state index in [0.29, 0.717) is 0 Å². The van der Waals surface area contributed by atoms with Crippen LogP contribution in [0.1, 0.15) is 36.3 Å². The Hall–Kier alpha value is -1.81. The Bertz CT molecular complexity index is 637. The molecule has 0 unspecified atom stereocenters. The fourth-order valence-electron chi connectivity index (χ4n) is 2.76. The number of halogens is 1. The molecule has 0 saturated carbocycles. The average Bonchev–Trinajstić information content (AvgIpc) is 2.52. The van der Waals surface area contributed by atoms with Crippen LogP contribution in [0.3, 0.4) is 0 Å². The van der Waals surface area contributed by atoms with Crippen molar-refractivity contribution in [3.8, 4) is 5.75 Å². The van der Waals surface area contributed by atoms with Crippen LogP contribution in [0, 0.1) is 0 Å². The minimum absolute atomic E-state index is 0.0802. The monoisotopic (exact) mass is 362 g/mol. The van der Waals surface area contributed by atoms with Gasteiger partial charge in [0, 0.05) is 10.4 Å². The molecule has 2 rings (SSSR count). The number of benzene rings is 2. The van der Waals surface area contributed by atoms with Gasteiger partial charge in [0.05, 0.1) is 13.0 Å². The first kappa shape index (κ1) is 16.6. The first-order valence-corrected chi connectivity index (χ1v) is 7.98. The van der Waals surface area contributed by atoms with Crippen LogP contribution >= 0.6 is 15.9 Å². The van der Waals surface area contributed by atoms with Crippen molar-refractivity contribution in [1.82, 2.24) is 0 Å². The summed E-state index contributed by atoms with van der Waals surface area (Å²) >= 11 is 3.46. The van der Waals surface area contributed by atoms with E-state index in [4.69, 9.17) is 4.74 Å². The summed E-state index contributed by atoms with van der Waals surface area (Å²) in [7, 11) is 1.60. The molecule has 22 heavy (non-hydrogen) atoms. The van der Waals surface area contributed by atoms with Gasteiger partial charge < -0.3 is 9.84 Å². The number of carbonyl (C=O) groups is 1. The van der Waals surface area contributed by atoms with Crippen LogP contribution < -0.4 is 4.74 Å². The molecular formula is C18H19BrO3. The third kappa shape index (κ3) is 3.69. The van der Waals surface area contributed by atoms with Crippen molar-refractivity contribution in [3.05, 3.63) is 64.1 Å². The van der Waals surface area contributed by atoms with E-state index in [9.17, 15) is 9.90 Å². The van der Waals surface area contributed by atoms with Crippen molar-refractivity contribution in [2.45, 2.75) is 25.2 Å². The van der Waals surface area contributed by atoms with E-state index >= 15 is 0 Å². The minimum atomic E-state index is -0.808. The Balaban J connectivity index is 2.41. The van der Waals surface area contributed by atoms with Gasteiger partial charge in [0.2, 0.25) is 0 Å². The molecule has 0 fully saturated rings. The number of carboxylic acids is 1. The summed E-state index contributed by atoms with van der Waals surface area (Å²) < 4.78 is 6.10. The number of hydrogen-bond acceptors (Lipinski definition) is 2. The topological polar surface area (TPSA) is 46.5 Å². The summed E-state index contributed by atoms with van der Waals surface area (Å²) in [5, 5.41) is 9.74. The van der Waals surface area contributed by atoms with Crippen LogP contribution in [0.5, 0.6) is 5.75 Å². The molecule has 0 aromatic heterocycles. The molecule has 4 heteroatoms. The first-order valence-electron chi connectivity index (χ1n) is 7.19. The summed E-state index contributed by atoms with van der Waals surface area (Å²) in [6.07, 6.45) is 0.749. The van der Waals surface area contributed by atoms with Crippen molar-refractivity contribution in [2.75, 3.05) is 7.11 Å². The zero-order chi connectivity index (χ0) is 16.1. The zero-order valence-electron chi connectivity index (χ0n) is 12.6. The third-order valence-electron chi connectivity index (χ3n) is 3.86. The van der Waals surface area contributed by atoms with E-state index in [1.807, 2.05) is 43.3 Å². The van der Waals surface area contributed by atoms with E-state index in [1.165, 1.54) is 0 Å². The standard InChI is InChI=1S/C18H19BrO3/c1-3-16(13-5-4-6-14(19)11-13)17(18(20)21)12-7-9-15(22-2)10-8-12/h4-11,16-17H,3H2,1-2H3,(H,20,21)/t16-,17+/m0/s1. The highest BCUT2D eigenvalue weighted by Crippen LogP contribution is 2.37. The second kappa shape index (κ2) is 7.45. The van der Waals surface area contributed by atoms with Crippen molar-refractivity contribution < 1.29 is 14.6 Å². The highest BCUT2D eigenvalue weighted by Gasteiger charge is 2.30. The number of ether oxygens (including phenoxy) is 1. The van der Waals surface area contributed by atoms with Crippen LogP contribution in [-0.2, 0) is 4.79 Å². The average molecular weight is 363 g/mol. The maximum Gasteiger partial charge on any atom is 0.311 e. The van der Waals surface area contributed by atoms with E-state index in [0.717, 1.165) is 27.8 Å². The predicted molar refractivity (Wildman–Crippen MR) is 90.5 cm³/mol. The summed E-state index contributed by atoms with van der Waals surface area (Å²) in [5.74, 6) is -0.742. The minimum Gasteiger partial charge on any atom is -0.497 e. The lowest BCUT2D eigenvalue weighted by Gasteiger charge is -2.24. The molecule has 0 aliphatic heterocycles. The molecule has 3 nitrogen and oxygen atoms in total. The van der Waals surface area contributed by atoms with Gasteiger partial charge in [-0.3, -0.25) is 4.79 Å². The van der Waals surface area contributed by atoms with Gasteiger partial charge in [-0.05, 0) is 41.8 Å². The molecule has 0 aliphatic rings. The smallest absolute Gasteiger partial charge is 0.311 e. The Morgan fingerprint density at radius 2 is 1.86 bits per heavy atom. The molecule has 2 aromatic rings. The molecule has 0 bridgehead atoms. The SMILES string of the molecule is CC[C@@H](c1cccc(Br)c1)[C@H](C(=O)O)c1ccc(OC)cc1. The molecule has 0 spiro atoms. The molecule has 0 amide bonds. The Morgan fingerprint density at radius 3 is 2.36 bits per heavy atom. The van der Waals surface area contributed by atoms with Gasteiger partial charge in [0.1, 0.15) is 5.75 Å². The molecular weight excluding hydrogens is 344 g/mol. The predicted octanol–water partition coefficient (Wildman–Crippen LogP) is 4.82. The summed E-state index contributed by atoms with van der Waals surface area (Å²) in [5.41, 5.74) is 1.82. The van der Waals surface area contributed by atoms with Crippen molar-refractivity contribution in [2.24, 2.45) is 0 Å². The molecule has 0 radical (unpaired) electrons. The Labute approximate surface area is 139 Å². The fraction of sp³-hybridized carbons (Fsp3) is 0.278. The highest BCUT2D eigenvalue weighted by atomic mass is 79.9. The van der Waals surface area contributed by atoms with E-state index in [2.05, 4.69) is 15.9 Å². The van der Waals surface area contributed by atoms with Gasteiger partial charge in [-0.1, -0.05) is 47.1 Å². The van der Waals surface area contributed by atoms with Gasteiger partial charge in [0.25, 0.3) is 0 Å². The second-order valence-electron chi connectivity index (χ2n) is 5.16. The van der Waals surface area contributed by atoms with E-state index in [-0.39, 0.29) is 5.92 Å². The summed E-state index contributed by atoms with van der Waals surface area (Å²) in [6.45, 7) is 2.02. The van der Waals surface area contributed by atoms with Crippen molar-refractivity contribution >= 4 is 21.9 Å². The highest BCUT2D eigenvalue weighted by molar-refractivity contribution is 9.10. The third-order valence-corrected chi connectivity index (χ3v) is 4.35. The van der Waals surface area contributed by atoms with Gasteiger partial charge in [-0.15, -0.1) is 0 Å².